The van der Waals surface area contributed by atoms with Crippen LogP contribution >= 0.6 is 0 Å². The molecule has 0 aromatic carbocycles. The second-order valence-electron chi connectivity index (χ2n) is 7.15. The lowest BCUT2D eigenvalue weighted by Crippen LogP contribution is -2.15. The number of aliphatic hydroxyl groups excluding tert-OH is 1. The summed E-state index contributed by atoms with van der Waals surface area (Å²) in [6.07, 6.45) is 0. The number of alkyl halides is 1. The number of ether oxygens (including phenoxy) is 11. The van der Waals surface area contributed by atoms with Gasteiger partial charge in [0.05, 0.1) is 152 Å². The summed E-state index contributed by atoms with van der Waals surface area (Å²) >= 11 is 0. The van der Waals surface area contributed by atoms with E-state index in [1.807, 2.05) is 0 Å². The quantitative estimate of drug-likeness (QED) is 0.110. The van der Waals surface area contributed by atoms with Gasteiger partial charge in [-0.05, 0) is 0 Å². The predicted octanol–water partition coefficient (Wildman–Crippen LogP) is 0.131. The lowest BCUT2D eigenvalue weighted by Gasteiger charge is -2.09. The highest BCUT2D eigenvalue weighted by atomic mass is 19.1. The van der Waals surface area contributed by atoms with Crippen LogP contribution in [0, 0.1) is 0 Å². The average Bonchev–Trinajstić information content (AvgIpc) is 2.91. The molecule has 224 valence electrons. The first-order valence-electron chi connectivity index (χ1n) is 12.9. The Balaban J connectivity index is 3.00. The normalized spacial score (nSPS) is 11.5. The van der Waals surface area contributed by atoms with E-state index in [-0.39, 0.29) is 13.2 Å². The van der Waals surface area contributed by atoms with E-state index < -0.39 is 6.67 Å². The van der Waals surface area contributed by atoms with Crippen LogP contribution in [0.15, 0.2) is 0 Å². The molecule has 0 aliphatic rings. The van der Waals surface area contributed by atoms with Gasteiger partial charge in [0.25, 0.3) is 0 Å². The van der Waals surface area contributed by atoms with Gasteiger partial charge in [0, 0.05) is 0 Å². The van der Waals surface area contributed by atoms with Crippen LogP contribution in [-0.4, -0.2) is 164 Å². The van der Waals surface area contributed by atoms with Gasteiger partial charge in [-0.15, -0.1) is 0 Å². The lowest BCUT2D eigenvalue weighted by atomic mass is 10.6. The highest BCUT2D eigenvalue weighted by molar-refractivity contribution is 4.39. The molecule has 0 radical (unpaired) electrons. The molecule has 0 saturated carbocycles. The molecule has 0 aromatic heterocycles. The Morgan fingerprint density at radius 2 is 0.432 bits per heavy atom. The summed E-state index contributed by atoms with van der Waals surface area (Å²) in [5.74, 6) is 0. The monoisotopic (exact) mass is 548 g/mol. The van der Waals surface area contributed by atoms with E-state index >= 15 is 0 Å². The fourth-order valence-corrected chi connectivity index (χ4v) is 2.42. The van der Waals surface area contributed by atoms with Gasteiger partial charge in [-0.2, -0.15) is 0 Å². The first-order valence-corrected chi connectivity index (χ1v) is 12.9. The van der Waals surface area contributed by atoms with Gasteiger partial charge in [-0.25, -0.2) is 4.39 Å². The number of hydrogen-bond acceptors (Lipinski definition) is 12. The van der Waals surface area contributed by atoms with Crippen LogP contribution in [0.1, 0.15) is 0 Å². The molecule has 0 bridgehead atoms. The van der Waals surface area contributed by atoms with Crippen molar-refractivity contribution in [3.63, 3.8) is 0 Å². The van der Waals surface area contributed by atoms with Crippen molar-refractivity contribution in [2.45, 2.75) is 0 Å². The van der Waals surface area contributed by atoms with Crippen molar-refractivity contribution in [2.75, 3.05) is 159 Å². The second kappa shape index (κ2) is 35.5. The van der Waals surface area contributed by atoms with Crippen LogP contribution in [0.2, 0.25) is 0 Å². The zero-order chi connectivity index (χ0) is 26.7. The van der Waals surface area contributed by atoms with E-state index in [2.05, 4.69) is 0 Å². The highest BCUT2D eigenvalue weighted by Crippen LogP contribution is 1.87. The standard InChI is InChI=1S/C24H49FO12/c25-1-3-27-5-7-29-9-11-31-13-15-33-17-19-35-21-23-37-24-22-36-20-18-34-16-14-32-12-10-30-8-6-28-4-2-26/h26H,1-24H2. The Morgan fingerprint density at radius 1 is 0.270 bits per heavy atom. The zero-order valence-corrected chi connectivity index (χ0v) is 22.3. The molecule has 0 rings (SSSR count). The Kier molecular flexibility index (Phi) is 34.9. The van der Waals surface area contributed by atoms with Gasteiger partial charge in [-0.1, -0.05) is 0 Å². The van der Waals surface area contributed by atoms with Crippen molar-refractivity contribution in [3.05, 3.63) is 0 Å². The molecule has 0 heterocycles. The molecular weight excluding hydrogens is 499 g/mol. The van der Waals surface area contributed by atoms with Crippen LogP contribution in [-0.2, 0) is 52.1 Å². The maximum absolute atomic E-state index is 11.8. The van der Waals surface area contributed by atoms with Crippen LogP contribution in [0.5, 0.6) is 0 Å². The van der Waals surface area contributed by atoms with Gasteiger partial charge in [-0.3, -0.25) is 0 Å². The van der Waals surface area contributed by atoms with Crippen LogP contribution < -0.4 is 0 Å². The molecule has 0 aliphatic carbocycles. The first kappa shape index (κ1) is 36.5. The van der Waals surface area contributed by atoms with Crippen molar-refractivity contribution < 1.29 is 61.6 Å². The van der Waals surface area contributed by atoms with Gasteiger partial charge >= 0.3 is 0 Å². The smallest absolute Gasteiger partial charge is 0.113 e. The molecule has 12 nitrogen and oxygen atoms in total. The van der Waals surface area contributed by atoms with Crippen molar-refractivity contribution in [1.82, 2.24) is 0 Å². The van der Waals surface area contributed by atoms with E-state index in [9.17, 15) is 4.39 Å². The summed E-state index contributed by atoms with van der Waals surface area (Å²) in [7, 11) is 0. The third-order valence-corrected chi connectivity index (χ3v) is 4.18. The SMILES string of the molecule is OCCOCCOCCOCCOCCOCCOCCOCCOCCOCCOCCOCCF. The van der Waals surface area contributed by atoms with Crippen molar-refractivity contribution in [2.24, 2.45) is 0 Å². The number of aliphatic hydroxyl groups is 1. The molecule has 0 saturated heterocycles. The Labute approximate surface area is 220 Å². The predicted molar refractivity (Wildman–Crippen MR) is 132 cm³/mol. The molecule has 0 atom stereocenters. The summed E-state index contributed by atoms with van der Waals surface area (Å²) < 4.78 is 70.2. The Hall–Kier alpha value is -0.550. The number of halogens is 1. The Morgan fingerprint density at radius 3 is 0.595 bits per heavy atom. The molecule has 0 fully saturated rings. The molecule has 0 amide bonds. The molecule has 0 aromatic rings. The fraction of sp³-hybridized carbons (Fsp3) is 1.00. The minimum absolute atomic E-state index is 0.0238. The van der Waals surface area contributed by atoms with E-state index in [0.717, 1.165) is 0 Å². The van der Waals surface area contributed by atoms with E-state index in [0.29, 0.717) is 139 Å². The summed E-state index contributed by atoms with van der Waals surface area (Å²) in [6.45, 7) is 9.71. The minimum atomic E-state index is -0.475. The molecule has 0 aliphatic heterocycles. The lowest BCUT2D eigenvalue weighted by molar-refractivity contribution is -0.0279. The molecule has 0 spiro atoms. The van der Waals surface area contributed by atoms with Crippen LogP contribution in [0.3, 0.4) is 0 Å². The van der Waals surface area contributed by atoms with Crippen LogP contribution in [0.4, 0.5) is 4.39 Å². The van der Waals surface area contributed by atoms with E-state index in [4.69, 9.17) is 57.2 Å². The van der Waals surface area contributed by atoms with E-state index in [1.165, 1.54) is 0 Å². The van der Waals surface area contributed by atoms with Gasteiger partial charge < -0.3 is 57.2 Å². The largest absolute Gasteiger partial charge is 0.394 e. The minimum Gasteiger partial charge on any atom is -0.394 e. The van der Waals surface area contributed by atoms with E-state index in [1.54, 1.807) is 0 Å². The fourth-order valence-electron chi connectivity index (χ4n) is 2.42. The third kappa shape index (κ3) is 35.5. The van der Waals surface area contributed by atoms with Gasteiger partial charge in [0.1, 0.15) is 6.67 Å². The van der Waals surface area contributed by atoms with Crippen molar-refractivity contribution in [3.8, 4) is 0 Å². The van der Waals surface area contributed by atoms with Gasteiger partial charge in [0.2, 0.25) is 0 Å². The second-order valence-corrected chi connectivity index (χ2v) is 7.15. The summed E-state index contributed by atoms with van der Waals surface area (Å²) in [6, 6.07) is 0. The summed E-state index contributed by atoms with van der Waals surface area (Å²) in [5.41, 5.74) is 0. The average molecular weight is 549 g/mol. The number of hydrogen-bond donors (Lipinski definition) is 1. The Bertz CT molecular complexity index is 365. The van der Waals surface area contributed by atoms with Gasteiger partial charge in [0.15, 0.2) is 0 Å². The molecule has 0 unspecified atom stereocenters. The third-order valence-electron chi connectivity index (χ3n) is 4.18. The maximum atomic E-state index is 11.8. The molecular formula is C24H49FO12. The summed E-state index contributed by atoms with van der Waals surface area (Å²) in [4.78, 5) is 0. The molecule has 1 N–H and O–H groups in total. The first-order chi connectivity index (χ1) is 18.4. The molecule has 37 heavy (non-hydrogen) atoms. The maximum Gasteiger partial charge on any atom is 0.113 e. The zero-order valence-electron chi connectivity index (χ0n) is 22.3. The highest BCUT2D eigenvalue weighted by Gasteiger charge is 1.96. The van der Waals surface area contributed by atoms with Crippen molar-refractivity contribution in [1.29, 1.82) is 0 Å². The summed E-state index contributed by atoms with van der Waals surface area (Å²) in [5, 5.41) is 8.55. The number of rotatable bonds is 34. The topological polar surface area (TPSA) is 122 Å². The van der Waals surface area contributed by atoms with Crippen LogP contribution in [0.25, 0.3) is 0 Å². The molecule has 13 heteroatoms. The van der Waals surface area contributed by atoms with Crippen molar-refractivity contribution >= 4 is 0 Å².